The smallest absolute Gasteiger partial charge is 0.246 e. The molecule has 1 aliphatic heterocycles. The van der Waals surface area contributed by atoms with Gasteiger partial charge in [0.05, 0.1) is 6.33 Å². The number of H-pyrrole nitrogens is 1. The van der Waals surface area contributed by atoms with Crippen LogP contribution in [-0.4, -0.2) is 51.2 Å². The van der Waals surface area contributed by atoms with Crippen molar-refractivity contribution in [3.63, 3.8) is 0 Å². The summed E-state index contributed by atoms with van der Waals surface area (Å²) >= 11 is 0. The summed E-state index contributed by atoms with van der Waals surface area (Å²) in [4.78, 5) is 43.6. The number of nitrogens with one attached hydrogen (secondary N) is 2. The molecule has 2 heterocycles. The maximum absolute atomic E-state index is 12.6. The van der Waals surface area contributed by atoms with Crippen molar-refractivity contribution in [3.8, 4) is 0 Å². The number of nitrogens with zero attached hydrogens (tertiary/aromatic N) is 2. The Hall–Kier alpha value is -2.38. The second kappa shape index (κ2) is 6.38. The third kappa shape index (κ3) is 3.59. The molecule has 3 amide bonds. The van der Waals surface area contributed by atoms with Gasteiger partial charge >= 0.3 is 0 Å². The Bertz CT molecular complexity index is 528. The molecule has 1 aromatic rings. The molecule has 4 N–H and O–H groups in total. The molecule has 0 aromatic carbocycles. The normalized spacial score (nSPS) is 19.3. The number of primary amides is 1. The lowest BCUT2D eigenvalue weighted by atomic mass is 10.1. The van der Waals surface area contributed by atoms with Gasteiger partial charge in [-0.25, -0.2) is 4.98 Å². The number of carbonyl (C=O) groups is 3. The summed E-state index contributed by atoms with van der Waals surface area (Å²) in [5.74, 6) is -1.10. The number of imidazole rings is 1. The van der Waals surface area contributed by atoms with Crippen molar-refractivity contribution in [2.24, 2.45) is 5.73 Å². The molecule has 8 heteroatoms. The molecule has 0 saturated carbocycles. The lowest BCUT2D eigenvalue weighted by Gasteiger charge is -2.27. The predicted molar refractivity (Wildman–Crippen MR) is 73.8 cm³/mol. The monoisotopic (exact) mass is 293 g/mol. The number of amides is 3. The first kappa shape index (κ1) is 15.0. The standard InChI is InChI=1S/C13H19N5O3/c1-8(19)17-10(5-9-6-15-7-16-9)13(21)18-4-2-3-11(18)12(14)20/h6-7,10-11H,2-5H2,1H3,(H2,14,20)(H,15,16)(H,17,19)/t10-,11+/m1/s1. The predicted octanol–water partition coefficient (Wildman–Crippen LogP) is -1.07. The average molecular weight is 293 g/mol. The van der Waals surface area contributed by atoms with E-state index in [0.717, 1.165) is 12.1 Å². The zero-order valence-electron chi connectivity index (χ0n) is 11.8. The van der Waals surface area contributed by atoms with Gasteiger partial charge in [0, 0.05) is 31.8 Å². The number of aromatic amines is 1. The molecule has 0 aliphatic carbocycles. The van der Waals surface area contributed by atoms with Crippen LogP contribution in [0.25, 0.3) is 0 Å². The Kier molecular flexibility index (Phi) is 4.56. The van der Waals surface area contributed by atoms with E-state index in [1.54, 1.807) is 6.20 Å². The molecule has 1 aromatic heterocycles. The third-order valence-electron chi connectivity index (χ3n) is 3.52. The molecule has 0 unspecified atom stereocenters. The first-order valence-electron chi connectivity index (χ1n) is 6.83. The fourth-order valence-corrected chi connectivity index (χ4v) is 2.59. The van der Waals surface area contributed by atoms with Gasteiger partial charge in [-0.05, 0) is 12.8 Å². The van der Waals surface area contributed by atoms with E-state index in [-0.39, 0.29) is 11.8 Å². The summed E-state index contributed by atoms with van der Waals surface area (Å²) in [6, 6.07) is -1.32. The van der Waals surface area contributed by atoms with Gasteiger partial charge in [0.25, 0.3) is 0 Å². The maximum atomic E-state index is 12.6. The van der Waals surface area contributed by atoms with Crippen LogP contribution in [0.1, 0.15) is 25.5 Å². The highest BCUT2D eigenvalue weighted by Crippen LogP contribution is 2.18. The first-order chi connectivity index (χ1) is 9.99. The van der Waals surface area contributed by atoms with E-state index >= 15 is 0 Å². The van der Waals surface area contributed by atoms with E-state index in [1.165, 1.54) is 18.2 Å². The van der Waals surface area contributed by atoms with Gasteiger partial charge < -0.3 is 20.9 Å². The SMILES string of the molecule is CC(=O)N[C@H](Cc1cnc[nH]1)C(=O)N1CCC[C@H]1C(N)=O. The number of aromatic nitrogens is 2. The average Bonchev–Trinajstić information content (AvgIpc) is 3.07. The summed E-state index contributed by atoms with van der Waals surface area (Å²) in [5, 5.41) is 2.62. The highest BCUT2D eigenvalue weighted by Gasteiger charge is 2.36. The van der Waals surface area contributed by atoms with Crippen LogP contribution < -0.4 is 11.1 Å². The van der Waals surface area contributed by atoms with Crippen molar-refractivity contribution in [2.45, 2.75) is 38.3 Å². The number of hydrogen-bond acceptors (Lipinski definition) is 4. The zero-order valence-corrected chi connectivity index (χ0v) is 11.8. The van der Waals surface area contributed by atoms with E-state index in [1.807, 2.05) is 0 Å². The Morgan fingerprint density at radius 2 is 2.33 bits per heavy atom. The number of nitrogens with two attached hydrogens (primary N) is 1. The van der Waals surface area contributed by atoms with E-state index in [4.69, 9.17) is 5.73 Å². The van der Waals surface area contributed by atoms with Gasteiger partial charge in [-0.2, -0.15) is 0 Å². The van der Waals surface area contributed by atoms with Crippen molar-refractivity contribution in [3.05, 3.63) is 18.2 Å². The molecule has 0 spiro atoms. The summed E-state index contributed by atoms with van der Waals surface area (Å²) in [6.45, 7) is 1.83. The minimum Gasteiger partial charge on any atom is -0.368 e. The van der Waals surface area contributed by atoms with Gasteiger partial charge in [-0.15, -0.1) is 0 Å². The molecule has 2 atom stereocenters. The highest BCUT2D eigenvalue weighted by molar-refractivity contribution is 5.91. The lowest BCUT2D eigenvalue weighted by molar-refractivity contribution is -0.140. The van der Waals surface area contributed by atoms with Crippen LogP contribution in [0.4, 0.5) is 0 Å². The van der Waals surface area contributed by atoms with Crippen LogP contribution in [0.5, 0.6) is 0 Å². The fourth-order valence-electron chi connectivity index (χ4n) is 2.59. The van der Waals surface area contributed by atoms with Crippen LogP contribution in [0, 0.1) is 0 Å². The summed E-state index contributed by atoms with van der Waals surface area (Å²) in [7, 11) is 0. The lowest BCUT2D eigenvalue weighted by Crippen LogP contribution is -2.53. The molecule has 2 rings (SSSR count). The minimum absolute atomic E-state index is 0.291. The second-order valence-electron chi connectivity index (χ2n) is 5.13. The number of hydrogen-bond donors (Lipinski definition) is 3. The topological polar surface area (TPSA) is 121 Å². The summed E-state index contributed by atoms with van der Waals surface area (Å²) in [5.41, 5.74) is 6.06. The molecular weight excluding hydrogens is 274 g/mol. The minimum atomic E-state index is -0.733. The van der Waals surface area contributed by atoms with Crippen LogP contribution in [0.3, 0.4) is 0 Å². The van der Waals surface area contributed by atoms with Gasteiger partial charge in [-0.3, -0.25) is 14.4 Å². The van der Waals surface area contributed by atoms with Crippen LogP contribution in [-0.2, 0) is 20.8 Å². The van der Waals surface area contributed by atoms with E-state index < -0.39 is 18.0 Å². The number of likely N-dealkylation sites (tertiary alicyclic amines) is 1. The zero-order chi connectivity index (χ0) is 15.4. The molecular formula is C13H19N5O3. The van der Waals surface area contributed by atoms with E-state index in [0.29, 0.717) is 19.4 Å². The molecule has 21 heavy (non-hydrogen) atoms. The molecule has 0 bridgehead atoms. The Morgan fingerprint density at radius 3 is 2.90 bits per heavy atom. The Labute approximate surface area is 122 Å². The van der Waals surface area contributed by atoms with Gasteiger partial charge in [-0.1, -0.05) is 0 Å². The van der Waals surface area contributed by atoms with Crippen LogP contribution in [0.2, 0.25) is 0 Å². The molecule has 1 saturated heterocycles. The molecule has 1 aliphatic rings. The fraction of sp³-hybridized carbons (Fsp3) is 0.538. The van der Waals surface area contributed by atoms with Crippen molar-refractivity contribution in [2.75, 3.05) is 6.54 Å². The summed E-state index contributed by atoms with van der Waals surface area (Å²) in [6.07, 6.45) is 4.69. The van der Waals surface area contributed by atoms with Gasteiger partial charge in [0.2, 0.25) is 17.7 Å². The molecule has 0 radical (unpaired) electrons. The van der Waals surface area contributed by atoms with Gasteiger partial charge in [0.1, 0.15) is 12.1 Å². The molecule has 1 fully saturated rings. The number of rotatable bonds is 5. The van der Waals surface area contributed by atoms with E-state index in [2.05, 4.69) is 15.3 Å². The van der Waals surface area contributed by atoms with Crippen molar-refractivity contribution >= 4 is 17.7 Å². The largest absolute Gasteiger partial charge is 0.368 e. The second-order valence-corrected chi connectivity index (χ2v) is 5.13. The quantitative estimate of drug-likeness (QED) is 0.640. The summed E-state index contributed by atoms with van der Waals surface area (Å²) < 4.78 is 0. The van der Waals surface area contributed by atoms with Crippen molar-refractivity contribution in [1.82, 2.24) is 20.2 Å². The third-order valence-corrected chi connectivity index (χ3v) is 3.52. The molecule has 8 nitrogen and oxygen atoms in total. The highest BCUT2D eigenvalue weighted by atomic mass is 16.2. The molecule has 114 valence electrons. The van der Waals surface area contributed by atoms with Crippen LogP contribution in [0.15, 0.2) is 12.5 Å². The Balaban J connectivity index is 2.13. The Morgan fingerprint density at radius 1 is 1.57 bits per heavy atom. The van der Waals surface area contributed by atoms with E-state index in [9.17, 15) is 14.4 Å². The van der Waals surface area contributed by atoms with Crippen LogP contribution >= 0.6 is 0 Å². The number of carbonyl (C=O) groups excluding carboxylic acids is 3. The van der Waals surface area contributed by atoms with Crippen molar-refractivity contribution in [1.29, 1.82) is 0 Å². The van der Waals surface area contributed by atoms with Crippen molar-refractivity contribution < 1.29 is 14.4 Å². The van der Waals surface area contributed by atoms with Gasteiger partial charge in [0.15, 0.2) is 0 Å². The first-order valence-corrected chi connectivity index (χ1v) is 6.83. The maximum Gasteiger partial charge on any atom is 0.246 e.